The fourth-order valence-electron chi connectivity index (χ4n) is 3.08. The van der Waals surface area contributed by atoms with Gasteiger partial charge in [-0.05, 0) is 25.1 Å². The Morgan fingerprint density at radius 2 is 1.84 bits per heavy atom. The number of benzene rings is 1. The topological polar surface area (TPSA) is 38.7 Å². The van der Waals surface area contributed by atoms with E-state index in [0.29, 0.717) is 0 Å². The van der Waals surface area contributed by atoms with Gasteiger partial charge in [0, 0.05) is 45.0 Å². The zero-order valence-corrected chi connectivity index (χ0v) is 11.4. The molecule has 0 radical (unpaired) electrons. The van der Waals surface area contributed by atoms with Crippen molar-refractivity contribution in [3.63, 3.8) is 0 Å². The monoisotopic (exact) mass is 261 g/mol. The number of anilines is 1. The molecule has 2 heterocycles. The third-order valence-corrected chi connectivity index (χ3v) is 4.23. The highest BCUT2D eigenvalue weighted by atomic mass is 16.3. The molecule has 2 aliphatic heterocycles. The van der Waals surface area contributed by atoms with Crippen LogP contribution < -0.4 is 10.2 Å². The smallest absolute Gasteiger partial charge is 0.0909 e. The Bertz CT molecular complexity index is 395. The van der Waals surface area contributed by atoms with Crippen LogP contribution >= 0.6 is 0 Å². The van der Waals surface area contributed by atoms with E-state index in [-0.39, 0.29) is 0 Å². The average Bonchev–Trinajstić information content (AvgIpc) is 2.87. The number of rotatable bonds is 3. The standard InChI is InChI=1S/C15H23N3O/c19-15(6-7-16-12-15)13-17-8-10-18(11-9-17)14-4-2-1-3-5-14/h1-5,16,19H,6-13H2. The predicted octanol–water partition coefficient (Wildman–Crippen LogP) is 0.533. The first kappa shape index (κ1) is 12.9. The van der Waals surface area contributed by atoms with Gasteiger partial charge in [0.25, 0.3) is 0 Å². The molecule has 1 unspecified atom stereocenters. The molecule has 0 amide bonds. The predicted molar refractivity (Wildman–Crippen MR) is 77.5 cm³/mol. The lowest BCUT2D eigenvalue weighted by Crippen LogP contribution is -2.52. The van der Waals surface area contributed by atoms with Gasteiger partial charge in [-0.1, -0.05) is 18.2 Å². The minimum Gasteiger partial charge on any atom is -0.387 e. The Labute approximate surface area is 115 Å². The fraction of sp³-hybridized carbons (Fsp3) is 0.600. The summed E-state index contributed by atoms with van der Waals surface area (Å²) in [6, 6.07) is 10.6. The van der Waals surface area contributed by atoms with Gasteiger partial charge in [-0.15, -0.1) is 0 Å². The molecule has 4 heteroatoms. The second kappa shape index (κ2) is 5.49. The first-order chi connectivity index (χ1) is 9.25. The van der Waals surface area contributed by atoms with Crippen molar-refractivity contribution >= 4 is 5.69 Å². The summed E-state index contributed by atoms with van der Waals surface area (Å²) in [4.78, 5) is 4.82. The molecule has 0 saturated carbocycles. The van der Waals surface area contributed by atoms with E-state index in [9.17, 15) is 5.11 Å². The van der Waals surface area contributed by atoms with Gasteiger partial charge in [-0.3, -0.25) is 4.90 Å². The maximum absolute atomic E-state index is 10.4. The van der Waals surface area contributed by atoms with Crippen molar-refractivity contribution in [1.82, 2.24) is 10.2 Å². The van der Waals surface area contributed by atoms with Gasteiger partial charge < -0.3 is 15.3 Å². The number of aliphatic hydroxyl groups is 1. The van der Waals surface area contributed by atoms with E-state index in [2.05, 4.69) is 45.4 Å². The molecule has 2 saturated heterocycles. The molecular formula is C15H23N3O. The molecule has 2 fully saturated rings. The van der Waals surface area contributed by atoms with Gasteiger partial charge in [0.05, 0.1) is 5.60 Å². The lowest BCUT2D eigenvalue weighted by Gasteiger charge is -2.39. The number of β-amino-alcohol motifs (C(OH)–C–C–N with tert-alkyl or cyclic N) is 1. The van der Waals surface area contributed by atoms with Crippen molar-refractivity contribution in [1.29, 1.82) is 0 Å². The quantitative estimate of drug-likeness (QED) is 0.833. The van der Waals surface area contributed by atoms with Crippen LogP contribution in [0.2, 0.25) is 0 Å². The van der Waals surface area contributed by atoms with Gasteiger partial charge in [0.1, 0.15) is 0 Å². The van der Waals surface area contributed by atoms with E-state index in [1.807, 2.05) is 0 Å². The van der Waals surface area contributed by atoms with E-state index in [1.165, 1.54) is 5.69 Å². The lowest BCUT2D eigenvalue weighted by molar-refractivity contribution is 0.0193. The fourth-order valence-corrected chi connectivity index (χ4v) is 3.08. The Kier molecular flexibility index (Phi) is 3.73. The number of piperazine rings is 1. The van der Waals surface area contributed by atoms with E-state index in [0.717, 1.165) is 52.2 Å². The SMILES string of the molecule is OC1(CN2CCN(c3ccccc3)CC2)CCNC1. The van der Waals surface area contributed by atoms with Crippen molar-refractivity contribution in [2.75, 3.05) is 50.7 Å². The Balaban J connectivity index is 1.52. The number of hydrogen-bond donors (Lipinski definition) is 2. The number of para-hydroxylation sites is 1. The van der Waals surface area contributed by atoms with Crippen molar-refractivity contribution in [2.45, 2.75) is 12.0 Å². The molecule has 0 aromatic heterocycles. The first-order valence-corrected chi connectivity index (χ1v) is 7.21. The molecule has 19 heavy (non-hydrogen) atoms. The molecular weight excluding hydrogens is 238 g/mol. The van der Waals surface area contributed by atoms with Gasteiger partial charge in [-0.25, -0.2) is 0 Å². The summed E-state index contributed by atoms with van der Waals surface area (Å²) < 4.78 is 0. The first-order valence-electron chi connectivity index (χ1n) is 7.21. The molecule has 1 atom stereocenters. The molecule has 104 valence electrons. The minimum atomic E-state index is -0.505. The number of nitrogens with zero attached hydrogens (tertiary/aromatic N) is 2. The van der Waals surface area contributed by atoms with E-state index >= 15 is 0 Å². The molecule has 0 bridgehead atoms. The van der Waals surface area contributed by atoms with Gasteiger partial charge >= 0.3 is 0 Å². The highest BCUT2D eigenvalue weighted by molar-refractivity contribution is 5.46. The summed E-state index contributed by atoms with van der Waals surface area (Å²) in [5, 5.41) is 13.7. The van der Waals surface area contributed by atoms with Gasteiger partial charge in [-0.2, -0.15) is 0 Å². The van der Waals surface area contributed by atoms with Crippen LogP contribution in [0.4, 0.5) is 5.69 Å². The molecule has 1 aromatic carbocycles. The average molecular weight is 261 g/mol. The van der Waals surface area contributed by atoms with Crippen LogP contribution in [-0.2, 0) is 0 Å². The number of nitrogens with one attached hydrogen (secondary N) is 1. The van der Waals surface area contributed by atoms with Gasteiger partial charge in [0.2, 0.25) is 0 Å². The van der Waals surface area contributed by atoms with E-state index < -0.39 is 5.60 Å². The highest BCUT2D eigenvalue weighted by Crippen LogP contribution is 2.19. The lowest BCUT2D eigenvalue weighted by atomic mass is 10.0. The summed E-state index contributed by atoms with van der Waals surface area (Å²) in [6.07, 6.45) is 0.881. The molecule has 3 rings (SSSR count). The van der Waals surface area contributed by atoms with Crippen LogP contribution in [0.1, 0.15) is 6.42 Å². The highest BCUT2D eigenvalue weighted by Gasteiger charge is 2.33. The van der Waals surface area contributed by atoms with E-state index in [1.54, 1.807) is 0 Å². The van der Waals surface area contributed by atoms with Crippen molar-refractivity contribution in [2.24, 2.45) is 0 Å². The van der Waals surface area contributed by atoms with Gasteiger partial charge in [0.15, 0.2) is 0 Å². The van der Waals surface area contributed by atoms with Crippen LogP contribution in [0.3, 0.4) is 0 Å². The number of hydrogen-bond acceptors (Lipinski definition) is 4. The largest absolute Gasteiger partial charge is 0.387 e. The zero-order valence-electron chi connectivity index (χ0n) is 11.4. The molecule has 0 aliphatic carbocycles. The van der Waals surface area contributed by atoms with E-state index in [4.69, 9.17) is 0 Å². The molecule has 2 aliphatic rings. The van der Waals surface area contributed by atoms with Crippen LogP contribution in [-0.4, -0.2) is 61.4 Å². The third-order valence-electron chi connectivity index (χ3n) is 4.23. The Hall–Kier alpha value is -1.10. The second-order valence-corrected chi connectivity index (χ2v) is 5.75. The van der Waals surface area contributed by atoms with Crippen molar-refractivity contribution in [3.8, 4) is 0 Å². The summed E-state index contributed by atoms with van der Waals surface area (Å²) in [5.74, 6) is 0. The van der Waals surface area contributed by atoms with Crippen LogP contribution in [0.15, 0.2) is 30.3 Å². The van der Waals surface area contributed by atoms with Crippen molar-refractivity contribution < 1.29 is 5.11 Å². The third kappa shape index (κ3) is 3.08. The molecule has 4 nitrogen and oxygen atoms in total. The molecule has 1 aromatic rings. The molecule has 2 N–H and O–H groups in total. The Morgan fingerprint density at radius 3 is 2.47 bits per heavy atom. The Morgan fingerprint density at radius 1 is 1.11 bits per heavy atom. The maximum atomic E-state index is 10.4. The summed E-state index contributed by atoms with van der Waals surface area (Å²) in [6.45, 7) is 6.67. The van der Waals surface area contributed by atoms with Crippen LogP contribution in [0, 0.1) is 0 Å². The summed E-state index contributed by atoms with van der Waals surface area (Å²) in [7, 11) is 0. The molecule has 0 spiro atoms. The minimum absolute atomic E-state index is 0.505. The normalized spacial score (nSPS) is 28.8. The zero-order chi connectivity index (χ0) is 13.1. The maximum Gasteiger partial charge on any atom is 0.0909 e. The summed E-state index contributed by atoms with van der Waals surface area (Å²) >= 11 is 0. The van der Waals surface area contributed by atoms with Crippen molar-refractivity contribution in [3.05, 3.63) is 30.3 Å². The van der Waals surface area contributed by atoms with Crippen LogP contribution in [0.25, 0.3) is 0 Å². The summed E-state index contributed by atoms with van der Waals surface area (Å²) in [5.41, 5.74) is 0.804. The second-order valence-electron chi connectivity index (χ2n) is 5.75. The van der Waals surface area contributed by atoms with Crippen LogP contribution in [0.5, 0.6) is 0 Å².